The van der Waals surface area contributed by atoms with Crippen molar-refractivity contribution < 1.29 is 4.74 Å². The number of anilines is 1. The molecule has 0 bridgehead atoms. The van der Waals surface area contributed by atoms with Crippen molar-refractivity contribution in [2.24, 2.45) is 0 Å². The van der Waals surface area contributed by atoms with Crippen LogP contribution in [0.1, 0.15) is 5.56 Å². The molecule has 0 fully saturated rings. The topological polar surface area (TPSA) is 84.8 Å². The van der Waals surface area contributed by atoms with Crippen LogP contribution < -0.4 is 10.5 Å². The first-order valence-corrected chi connectivity index (χ1v) is 5.44. The van der Waals surface area contributed by atoms with Gasteiger partial charge in [0.25, 0.3) is 5.88 Å². The third-order valence-electron chi connectivity index (χ3n) is 1.92. The van der Waals surface area contributed by atoms with Crippen molar-refractivity contribution in [1.29, 1.82) is 5.26 Å². The maximum absolute atomic E-state index is 8.87. The van der Waals surface area contributed by atoms with E-state index in [1.165, 1.54) is 12.3 Å². The van der Waals surface area contributed by atoms with Gasteiger partial charge in [-0.25, -0.2) is 0 Å². The van der Waals surface area contributed by atoms with Gasteiger partial charge in [0.1, 0.15) is 17.4 Å². The zero-order valence-corrected chi connectivity index (χ0v) is 10.2. The van der Waals surface area contributed by atoms with Crippen LogP contribution in [-0.2, 0) is 0 Å². The van der Waals surface area contributed by atoms with Gasteiger partial charge in [0.05, 0.1) is 6.20 Å². The Morgan fingerprint density at radius 2 is 2.18 bits per heavy atom. The summed E-state index contributed by atoms with van der Waals surface area (Å²) >= 11 is 3.30. The Kier molecular flexibility index (Phi) is 3.21. The lowest BCUT2D eigenvalue weighted by molar-refractivity contribution is 0.453. The number of nitrogens with zero attached hydrogens (tertiary/aromatic N) is 3. The fourth-order valence-corrected chi connectivity index (χ4v) is 1.72. The number of halogens is 1. The minimum atomic E-state index is 0.160. The molecule has 1 aromatic carbocycles. The highest BCUT2D eigenvalue weighted by atomic mass is 79.9. The standard InChI is InChI=1S/C11H7BrN4O/c12-8-3-9(14)5-10(4-8)17-11-7(6-13)1-2-15-16-11/h1-5H,14H2. The van der Waals surface area contributed by atoms with Crippen molar-refractivity contribution in [3.05, 3.63) is 40.5 Å². The normalized spacial score (nSPS) is 9.65. The summed E-state index contributed by atoms with van der Waals surface area (Å²) in [5.74, 6) is 0.654. The number of nitrogens with two attached hydrogens (primary N) is 1. The third-order valence-corrected chi connectivity index (χ3v) is 2.37. The third kappa shape index (κ3) is 2.71. The largest absolute Gasteiger partial charge is 0.436 e. The van der Waals surface area contributed by atoms with E-state index >= 15 is 0 Å². The molecular formula is C11H7BrN4O. The van der Waals surface area contributed by atoms with Crippen LogP contribution in [0.5, 0.6) is 11.6 Å². The minimum Gasteiger partial charge on any atom is -0.436 e. The zero-order chi connectivity index (χ0) is 12.3. The number of nitrogen functional groups attached to an aromatic ring is 1. The summed E-state index contributed by atoms with van der Waals surface area (Å²) in [6.45, 7) is 0. The van der Waals surface area contributed by atoms with Gasteiger partial charge >= 0.3 is 0 Å². The number of nitriles is 1. The summed E-state index contributed by atoms with van der Waals surface area (Å²) in [5, 5.41) is 16.3. The predicted molar refractivity (Wildman–Crippen MR) is 65.4 cm³/mol. The van der Waals surface area contributed by atoms with Gasteiger partial charge in [0.2, 0.25) is 0 Å². The van der Waals surface area contributed by atoms with Crippen LogP contribution in [0.3, 0.4) is 0 Å². The van der Waals surface area contributed by atoms with Crippen LogP contribution in [-0.4, -0.2) is 10.2 Å². The Bertz CT molecular complexity index is 574. The molecule has 5 nitrogen and oxygen atoms in total. The van der Waals surface area contributed by atoms with Gasteiger partial charge in [-0.2, -0.15) is 10.4 Å². The first-order chi connectivity index (χ1) is 8.19. The molecule has 0 radical (unpaired) electrons. The molecule has 17 heavy (non-hydrogen) atoms. The number of rotatable bonds is 2. The van der Waals surface area contributed by atoms with Crippen LogP contribution in [0.2, 0.25) is 0 Å². The minimum absolute atomic E-state index is 0.160. The summed E-state index contributed by atoms with van der Waals surface area (Å²) in [6, 6.07) is 8.62. The molecule has 0 atom stereocenters. The van der Waals surface area contributed by atoms with Crippen LogP contribution in [0, 0.1) is 11.3 Å². The number of hydrogen-bond donors (Lipinski definition) is 1. The van der Waals surface area contributed by atoms with Gasteiger partial charge in [0, 0.05) is 16.2 Å². The molecule has 84 valence electrons. The van der Waals surface area contributed by atoms with E-state index in [0.29, 0.717) is 17.0 Å². The number of aromatic nitrogens is 2. The van der Waals surface area contributed by atoms with Crippen LogP contribution >= 0.6 is 15.9 Å². The van der Waals surface area contributed by atoms with E-state index in [0.717, 1.165) is 4.47 Å². The van der Waals surface area contributed by atoms with Crippen molar-refractivity contribution in [1.82, 2.24) is 10.2 Å². The molecular weight excluding hydrogens is 284 g/mol. The van der Waals surface area contributed by atoms with E-state index in [9.17, 15) is 0 Å². The molecule has 0 saturated carbocycles. The summed E-state index contributed by atoms with van der Waals surface area (Å²) in [6.07, 6.45) is 1.43. The van der Waals surface area contributed by atoms with E-state index in [1.807, 2.05) is 6.07 Å². The van der Waals surface area contributed by atoms with Gasteiger partial charge in [-0.05, 0) is 18.2 Å². The first kappa shape index (κ1) is 11.4. The number of ether oxygens (including phenoxy) is 1. The number of hydrogen-bond acceptors (Lipinski definition) is 5. The molecule has 2 aromatic rings. The maximum Gasteiger partial charge on any atom is 0.256 e. The smallest absolute Gasteiger partial charge is 0.256 e. The Balaban J connectivity index is 2.35. The Hall–Kier alpha value is -2.13. The van der Waals surface area contributed by atoms with Gasteiger partial charge in [-0.3, -0.25) is 0 Å². The predicted octanol–water partition coefficient (Wildman–Crippen LogP) is 2.49. The van der Waals surface area contributed by atoms with Crippen molar-refractivity contribution in [2.75, 3.05) is 5.73 Å². The van der Waals surface area contributed by atoms with E-state index in [1.54, 1.807) is 18.2 Å². The Labute approximate surface area is 106 Å². The molecule has 6 heteroatoms. The Morgan fingerprint density at radius 3 is 2.88 bits per heavy atom. The summed E-state index contributed by atoms with van der Waals surface area (Å²) in [7, 11) is 0. The first-order valence-electron chi connectivity index (χ1n) is 4.65. The monoisotopic (exact) mass is 290 g/mol. The van der Waals surface area contributed by atoms with Gasteiger partial charge in [-0.15, -0.1) is 5.10 Å². The second-order valence-corrected chi connectivity index (χ2v) is 4.10. The number of benzene rings is 1. The molecule has 0 unspecified atom stereocenters. The molecule has 0 aliphatic rings. The van der Waals surface area contributed by atoms with Gasteiger partial charge < -0.3 is 10.5 Å². The lowest BCUT2D eigenvalue weighted by Gasteiger charge is -2.06. The average molecular weight is 291 g/mol. The van der Waals surface area contributed by atoms with Crippen molar-refractivity contribution in [3.63, 3.8) is 0 Å². The van der Waals surface area contributed by atoms with Crippen molar-refractivity contribution in [3.8, 4) is 17.7 Å². The fourth-order valence-electron chi connectivity index (χ4n) is 1.23. The summed E-state index contributed by atoms with van der Waals surface area (Å²) < 4.78 is 6.24. The molecule has 0 aliphatic heterocycles. The molecule has 0 spiro atoms. The highest BCUT2D eigenvalue weighted by Crippen LogP contribution is 2.27. The highest BCUT2D eigenvalue weighted by molar-refractivity contribution is 9.10. The maximum atomic E-state index is 8.87. The molecule has 0 aliphatic carbocycles. The summed E-state index contributed by atoms with van der Waals surface area (Å²) in [5.41, 5.74) is 6.54. The van der Waals surface area contributed by atoms with Gasteiger partial charge in [0.15, 0.2) is 0 Å². The van der Waals surface area contributed by atoms with E-state index in [2.05, 4.69) is 26.1 Å². The zero-order valence-electron chi connectivity index (χ0n) is 8.59. The molecule has 0 saturated heterocycles. The van der Waals surface area contributed by atoms with Crippen LogP contribution in [0.15, 0.2) is 34.9 Å². The molecule has 1 aromatic heterocycles. The SMILES string of the molecule is N#Cc1ccnnc1Oc1cc(N)cc(Br)c1. The van der Waals surface area contributed by atoms with Crippen LogP contribution in [0.4, 0.5) is 5.69 Å². The second kappa shape index (κ2) is 4.80. The molecule has 0 amide bonds. The highest BCUT2D eigenvalue weighted by Gasteiger charge is 2.07. The van der Waals surface area contributed by atoms with Crippen LogP contribution in [0.25, 0.3) is 0 Å². The lowest BCUT2D eigenvalue weighted by Crippen LogP contribution is -1.94. The quantitative estimate of drug-likeness (QED) is 0.859. The average Bonchev–Trinajstić information content (AvgIpc) is 2.28. The van der Waals surface area contributed by atoms with Gasteiger partial charge in [-0.1, -0.05) is 15.9 Å². The molecule has 1 heterocycles. The van der Waals surface area contributed by atoms with Crippen molar-refractivity contribution in [2.45, 2.75) is 0 Å². The van der Waals surface area contributed by atoms with E-state index in [4.69, 9.17) is 15.7 Å². The van der Waals surface area contributed by atoms with Crippen molar-refractivity contribution >= 4 is 21.6 Å². The fraction of sp³-hybridized carbons (Fsp3) is 0. The van der Waals surface area contributed by atoms with E-state index < -0.39 is 0 Å². The Morgan fingerprint density at radius 1 is 1.35 bits per heavy atom. The van der Waals surface area contributed by atoms with E-state index in [-0.39, 0.29) is 5.88 Å². The summed E-state index contributed by atoms with van der Waals surface area (Å²) in [4.78, 5) is 0. The molecule has 2 N–H and O–H groups in total. The lowest BCUT2D eigenvalue weighted by atomic mass is 10.3. The second-order valence-electron chi connectivity index (χ2n) is 3.18. The molecule has 2 rings (SSSR count).